The maximum absolute atomic E-state index is 5.44. The van der Waals surface area contributed by atoms with Gasteiger partial charge in [-0.3, -0.25) is 0 Å². The fourth-order valence-electron chi connectivity index (χ4n) is 3.00. The summed E-state index contributed by atoms with van der Waals surface area (Å²) in [5.74, 6) is 0.670. The fraction of sp³-hybridized carbons (Fsp3) is 0.625. The molecule has 0 radical (unpaired) electrons. The lowest BCUT2D eigenvalue weighted by Crippen LogP contribution is -2.28. The summed E-state index contributed by atoms with van der Waals surface area (Å²) < 4.78 is 5.44. The molecule has 0 amide bonds. The van der Waals surface area contributed by atoms with Crippen LogP contribution in [0.4, 0.5) is 0 Å². The van der Waals surface area contributed by atoms with Crippen LogP contribution in [-0.2, 0) is 11.2 Å². The molecule has 0 aliphatic heterocycles. The lowest BCUT2D eigenvalue weighted by Gasteiger charge is -2.24. The predicted molar refractivity (Wildman–Crippen MR) is 75.8 cm³/mol. The summed E-state index contributed by atoms with van der Waals surface area (Å²) in [6.45, 7) is 5.48. The average molecular weight is 247 g/mol. The topological polar surface area (TPSA) is 21.3 Å². The highest BCUT2D eigenvalue weighted by Gasteiger charge is 2.32. The summed E-state index contributed by atoms with van der Waals surface area (Å²) in [5.41, 5.74) is 3.01. The molecular weight excluding hydrogens is 222 g/mol. The lowest BCUT2D eigenvalue weighted by atomic mass is 9.94. The van der Waals surface area contributed by atoms with E-state index in [1.54, 1.807) is 7.11 Å². The van der Waals surface area contributed by atoms with Crippen molar-refractivity contribution in [1.82, 2.24) is 5.32 Å². The molecule has 2 rings (SSSR count). The van der Waals surface area contributed by atoms with E-state index in [1.165, 1.54) is 24.0 Å². The molecule has 1 aromatic rings. The van der Waals surface area contributed by atoms with Crippen molar-refractivity contribution in [3.05, 3.63) is 35.4 Å². The van der Waals surface area contributed by atoms with Crippen LogP contribution in [-0.4, -0.2) is 19.8 Å². The Balaban J connectivity index is 2.11. The van der Waals surface area contributed by atoms with Gasteiger partial charge in [0.15, 0.2) is 0 Å². The Morgan fingerprint density at radius 3 is 2.89 bits per heavy atom. The first-order chi connectivity index (χ1) is 8.76. The van der Waals surface area contributed by atoms with E-state index in [0.29, 0.717) is 18.1 Å². The summed E-state index contributed by atoms with van der Waals surface area (Å²) >= 11 is 0. The Morgan fingerprint density at radius 2 is 2.17 bits per heavy atom. The number of hydrogen-bond donors (Lipinski definition) is 1. The molecule has 1 N–H and O–H groups in total. The highest BCUT2D eigenvalue weighted by atomic mass is 16.5. The van der Waals surface area contributed by atoms with Gasteiger partial charge in [0.05, 0.1) is 6.10 Å². The zero-order valence-corrected chi connectivity index (χ0v) is 11.8. The van der Waals surface area contributed by atoms with E-state index in [2.05, 4.69) is 43.4 Å². The number of benzene rings is 1. The maximum Gasteiger partial charge on any atom is 0.0546 e. The van der Waals surface area contributed by atoms with E-state index in [0.717, 1.165) is 13.0 Å². The van der Waals surface area contributed by atoms with E-state index < -0.39 is 0 Å². The van der Waals surface area contributed by atoms with Crippen molar-refractivity contribution in [3.63, 3.8) is 0 Å². The van der Waals surface area contributed by atoms with Gasteiger partial charge in [0, 0.05) is 13.2 Å². The molecule has 100 valence electrons. The van der Waals surface area contributed by atoms with E-state index in [1.807, 2.05) is 0 Å². The summed E-state index contributed by atoms with van der Waals surface area (Å²) in [4.78, 5) is 0. The van der Waals surface area contributed by atoms with Crippen molar-refractivity contribution in [3.8, 4) is 0 Å². The normalized spacial score (nSPS) is 23.9. The molecule has 0 bridgehead atoms. The van der Waals surface area contributed by atoms with Gasteiger partial charge in [-0.15, -0.1) is 0 Å². The third kappa shape index (κ3) is 2.93. The Morgan fingerprint density at radius 1 is 1.39 bits per heavy atom. The zero-order chi connectivity index (χ0) is 13.0. The molecule has 0 aromatic heterocycles. The van der Waals surface area contributed by atoms with Crippen LogP contribution in [0.25, 0.3) is 0 Å². The second-order valence-corrected chi connectivity index (χ2v) is 5.38. The molecule has 0 fully saturated rings. The van der Waals surface area contributed by atoms with Crippen molar-refractivity contribution in [2.24, 2.45) is 5.92 Å². The van der Waals surface area contributed by atoms with Crippen molar-refractivity contribution < 1.29 is 4.74 Å². The van der Waals surface area contributed by atoms with Gasteiger partial charge in [0.1, 0.15) is 0 Å². The monoisotopic (exact) mass is 247 g/mol. The molecule has 1 aromatic carbocycles. The van der Waals surface area contributed by atoms with Gasteiger partial charge >= 0.3 is 0 Å². The Bertz CT molecular complexity index is 377. The van der Waals surface area contributed by atoms with Crippen molar-refractivity contribution >= 4 is 0 Å². The first-order valence-electron chi connectivity index (χ1n) is 7.10. The van der Waals surface area contributed by atoms with Gasteiger partial charge in [0.2, 0.25) is 0 Å². The Labute approximate surface area is 111 Å². The van der Waals surface area contributed by atoms with Crippen LogP contribution in [0.3, 0.4) is 0 Å². The minimum absolute atomic E-state index is 0.343. The fourth-order valence-corrected chi connectivity index (χ4v) is 3.00. The number of rotatable bonds is 6. The molecule has 2 heteroatoms. The van der Waals surface area contributed by atoms with Crippen molar-refractivity contribution in [1.29, 1.82) is 0 Å². The number of nitrogens with one attached hydrogen (secondary N) is 1. The first kappa shape index (κ1) is 13.6. The number of fused-ring (bicyclic) bond motifs is 1. The highest BCUT2D eigenvalue weighted by molar-refractivity contribution is 5.35. The second-order valence-electron chi connectivity index (χ2n) is 5.38. The Kier molecular flexibility index (Phi) is 4.79. The van der Waals surface area contributed by atoms with Gasteiger partial charge in [-0.05, 0) is 49.8 Å². The van der Waals surface area contributed by atoms with Crippen LogP contribution < -0.4 is 5.32 Å². The average Bonchev–Trinajstić information content (AvgIpc) is 2.73. The lowest BCUT2D eigenvalue weighted by molar-refractivity contribution is 0.0899. The standard InChI is InChI=1S/C16H25NO/c1-4-9-17-16-14(10-12(2)18-3)11-13-7-5-6-8-15(13)16/h5-8,12,14,16-17H,4,9-11H2,1-3H3. The highest BCUT2D eigenvalue weighted by Crippen LogP contribution is 2.38. The Hall–Kier alpha value is -0.860. The molecule has 0 heterocycles. The molecule has 0 saturated heterocycles. The quantitative estimate of drug-likeness (QED) is 0.832. The van der Waals surface area contributed by atoms with Crippen LogP contribution in [0.1, 0.15) is 43.9 Å². The third-order valence-corrected chi connectivity index (χ3v) is 3.99. The van der Waals surface area contributed by atoms with Gasteiger partial charge in [-0.1, -0.05) is 31.2 Å². The molecule has 3 atom stereocenters. The predicted octanol–water partition coefficient (Wildman–Crippen LogP) is 3.32. The van der Waals surface area contributed by atoms with E-state index in [-0.39, 0.29) is 0 Å². The van der Waals surface area contributed by atoms with Gasteiger partial charge < -0.3 is 10.1 Å². The number of ether oxygens (including phenoxy) is 1. The van der Waals surface area contributed by atoms with Gasteiger partial charge in [-0.2, -0.15) is 0 Å². The van der Waals surface area contributed by atoms with E-state index in [9.17, 15) is 0 Å². The molecule has 1 aliphatic rings. The van der Waals surface area contributed by atoms with E-state index >= 15 is 0 Å². The minimum Gasteiger partial charge on any atom is -0.382 e. The minimum atomic E-state index is 0.343. The number of hydrogen-bond acceptors (Lipinski definition) is 2. The van der Waals surface area contributed by atoms with Crippen molar-refractivity contribution in [2.75, 3.05) is 13.7 Å². The first-order valence-corrected chi connectivity index (χ1v) is 7.10. The van der Waals surface area contributed by atoms with Crippen LogP contribution in [0, 0.1) is 5.92 Å². The van der Waals surface area contributed by atoms with Crippen LogP contribution in [0.5, 0.6) is 0 Å². The van der Waals surface area contributed by atoms with Crippen LogP contribution in [0.15, 0.2) is 24.3 Å². The molecule has 2 nitrogen and oxygen atoms in total. The summed E-state index contributed by atoms with van der Waals surface area (Å²) in [6.07, 6.45) is 3.85. The van der Waals surface area contributed by atoms with Crippen molar-refractivity contribution in [2.45, 2.75) is 45.3 Å². The summed E-state index contributed by atoms with van der Waals surface area (Å²) in [6, 6.07) is 9.37. The molecule has 18 heavy (non-hydrogen) atoms. The molecule has 0 saturated carbocycles. The summed E-state index contributed by atoms with van der Waals surface area (Å²) in [7, 11) is 1.81. The molecular formula is C16H25NO. The van der Waals surface area contributed by atoms with Crippen LogP contribution >= 0.6 is 0 Å². The van der Waals surface area contributed by atoms with E-state index in [4.69, 9.17) is 4.74 Å². The third-order valence-electron chi connectivity index (χ3n) is 3.99. The molecule has 0 spiro atoms. The molecule has 3 unspecified atom stereocenters. The molecule has 1 aliphatic carbocycles. The second kappa shape index (κ2) is 6.35. The SMILES string of the molecule is CCCNC1c2ccccc2CC1CC(C)OC. The maximum atomic E-state index is 5.44. The van der Waals surface area contributed by atoms with Gasteiger partial charge in [0.25, 0.3) is 0 Å². The smallest absolute Gasteiger partial charge is 0.0546 e. The number of methoxy groups -OCH3 is 1. The van der Waals surface area contributed by atoms with Gasteiger partial charge in [-0.25, -0.2) is 0 Å². The summed E-state index contributed by atoms with van der Waals surface area (Å²) in [5, 5.41) is 3.71. The largest absolute Gasteiger partial charge is 0.382 e. The van der Waals surface area contributed by atoms with Crippen LogP contribution in [0.2, 0.25) is 0 Å². The zero-order valence-electron chi connectivity index (χ0n) is 11.8.